The van der Waals surface area contributed by atoms with Crippen LogP contribution in [0.25, 0.3) is 11.3 Å². The number of hydrogen-bond acceptors (Lipinski definition) is 4. The Labute approximate surface area is 116 Å². The second kappa shape index (κ2) is 6.45. The molecule has 1 aromatic heterocycles. The number of aromatic nitrogens is 1. The lowest BCUT2D eigenvalue weighted by atomic mass is 10.1. The maximum atomic E-state index is 11.6. The molecule has 0 bridgehead atoms. The molecule has 0 aliphatic heterocycles. The van der Waals surface area contributed by atoms with Gasteiger partial charge in [0.15, 0.2) is 0 Å². The molecule has 0 unspecified atom stereocenters. The number of likely N-dealkylation sites (N-methyl/N-ethyl adjacent to an activating group) is 1. The van der Waals surface area contributed by atoms with Crippen LogP contribution in [-0.2, 0) is 4.79 Å². The number of carbonyl (C=O) groups excluding carboxylic acids is 1. The van der Waals surface area contributed by atoms with E-state index in [1.54, 1.807) is 11.3 Å². The van der Waals surface area contributed by atoms with Crippen LogP contribution in [0.5, 0.6) is 0 Å². The highest BCUT2D eigenvalue weighted by Crippen LogP contribution is 2.24. The van der Waals surface area contributed by atoms with Gasteiger partial charge in [-0.1, -0.05) is 19.1 Å². The summed E-state index contributed by atoms with van der Waals surface area (Å²) in [6.45, 7) is 5.07. The molecule has 2 aromatic rings. The fourth-order valence-corrected chi connectivity index (χ4v) is 2.32. The lowest BCUT2D eigenvalue weighted by Crippen LogP contribution is -2.27. The molecule has 2 N–H and O–H groups in total. The van der Waals surface area contributed by atoms with Crippen molar-refractivity contribution in [3.05, 3.63) is 34.7 Å². The third kappa shape index (κ3) is 3.87. The van der Waals surface area contributed by atoms with Gasteiger partial charge in [-0.15, -0.1) is 11.3 Å². The molecule has 0 aliphatic rings. The fourth-order valence-electron chi connectivity index (χ4n) is 1.70. The minimum Gasteiger partial charge on any atom is -0.325 e. The summed E-state index contributed by atoms with van der Waals surface area (Å²) in [6, 6.07) is 7.74. The van der Waals surface area contributed by atoms with Crippen LogP contribution in [-0.4, -0.2) is 24.0 Å². The summed E-state index contributed by atoms with van der Waals surface area (Å²) in [5, 5.41) is 8.92. The Balaban J connectivity index is 2.09. The third-order valence-corrected chi connectivity index (χ3v) is 3.37. The number of carbonyl (C=O) groups is 1. The van der Waals surface area contributed by atoms with Crippen molar-refractivity contribution in [3.63, 3.8) is 0 Å². The van der Waals surface area contributed by atoms with Crippen LogP contribution in [0.3, 0.4) is 0 Å². The van der Waals surface area contributed by atoms with Crippen LogP contribution in [0.1, 0.15) is 11.9 Å². The predicted octanol–water partition coefficient (Wildman–Crippen LogP) is 2.67. The van der Waals surface area contributed by atoms with Gasteiger partial charge in [0.05, 0.1) is 17.2 Å². The van der Waals surface area contributed by atoms with E-state index in [1.165, 1.54) is 0 Å². The highest BCUT2D eigenvalue weighted by Gasteiger charge is 2.05. The Morgan fingerprint density at radius 3 is 2.95 bits per heavy atom. The fraction of sp³-hybridized carbons (Fsp3) is 0.286. The molecule has 0 saturated heterocycles. The molecule has 0 fully saturated rings. The summed E-state index contributed by atoms with van der Waals surface area (Å²) in [4.78, 5) is 16.1. The highest BCUT2D eigenvalue weighted by molar-refractivity contribution is 7.09. The Kier molecular flexibility index (Phi) is 4.65. The van der Waals surface area contributed by atoms with Crippen molar-refractivity contribution < 1.29 is 4.79 Å². The number of nitrogens with zero attached hydrogens (tertiary/aromatic N) is 1. The van der Waals surface area contributed by atoms with E-state index in [9.17, 15) is 4.79 Å². The smallest absolute Gasteiger partial charge is 0.238 e. The topological polar surface area (TPSA) is 54.0 Å². The van der Waals surface area contributed by atoms with E-state index in [4.69, 9.17) is 0 Å². The molecule has 2 rings (SSSR count). The van der Waals surface area contributed by atoms with E-state index in [0.29, 0.717) is 6.54 Å². The van der Waals surface area contributed by atoms with E-state index in [2.05, 4.69) is 15.6 Å². The summed E-state index contributed by atoms with van der Waals surface area (Å²) in [5.74, 6) is -0.0338. The molecular weight excluding hydrogens is 258 g/mol. The molecule has 5 heteroatoms. The number of benzene rings is 1. The van der Waals surface area contributed by atoms with Gasteiger partial charge in [-0.25, -0.2) is 4.98 Å². The average molecular weight is 275 g/mol. The van der Waals surface area contributed by atoms with Gasteiger partial charge in [-0.3, -0.25) is 4.79 Å². The normalized spacial score (nSPS) is 10.4. The van der Waals surface area contributed by atoms with E-state index in [-0.39, 0.29) is 5.91 Å². The molecule has 0 radical (unpaired) electrons. The first-order valence-corrected chi connectivity index (χ1v) is 7.10. The van der Waals surface area contributed by atoms with Crippen molar-refractivity contribution in [2.75, 3.05) is 18.4 Å². The summed E-state index contributed by atoms with van der Waals surface area (Å²) in [5.41, 5.74) is 2.77. The van der Waals surface area contributed by atoms with Crippen molar-refractivity contribution in [1.82, 2.24) is 10.3 Å². The molecule has 0 atom stereocenters. The summed E-state index contributed by atoms with van der Waals surface area (Å²) in [7, 11) is 0. The van der Waals surface area contributed by atoms with Crippen LogP contribution in [0.4, 0.5) is 5.69 Å². The lowest BCUT2D eigenvalue weighted by molar-refractivity contribution is -0.115. The van der Waals surface area contributed by atoms with Gasteiger partial charge >= 0.3 is 0 Å². The monoisotopic (exact) mass is 275 g/mol. The van der Waals surface area contributed by atoms with Gasteiger partial charge in [0.2, 0.25) is 5.91 Å². The quantitative estimate of drug-likeness (QED) is 0.882. The molecular formula is C14H17N3OS. The number of aryl methyl sites for hydroxylation is 1. The van der Waals surface area contributed by atoms with E-state index in [1.807, 2.05) is 43.5 Å². The second-order valence-electron chi connectivity index (χ2n) is 4.16. The predicted molar refractivity (Wildman–Crippen MR) is 79.5 cm³/mol. The van der Waals surface area contributed by atoms with Crippen LogP contribution in [0, 0.1) is 6.92 Å². The van der Waals surface area contributed by atoms with Gasteiger partial charge in [0.1, 0.15) is 0 Å². The molecule has 1 amide bonds. The van der Waals surface area contributed by atoms with Crippen molar-refractivity contribution in [2.45, 2.75) is 13.8 Å². The minimum atomic E-state index is -0.0338. The van der Waals surface area contributed by atoms with Gasteiger partial charge < -0.3 is 10.6 Å². The minimum absolute atomic E-state index is 0.0338. The van der Waals surface area contributed by atoms with E-state index >= 15 is 0 Å². The van der Waals surface area contributed by atoms with Crippen molar-refractivity contribution in [2.24, 2.45) is 0 Å². The van der Waals surface area contributed by atoms with Crippen LogP contribution in [0.15, 0.2) is 29.6 Å². The van der Waals surface area contributed by atoms with Gasteiger partial charge in [0.25, 0.3) is 0 Å². The number of anilines is 1. The average Bonchev–Trinajstić information content (AvgIpc) is 2.83. The number of amides is 1. The Morgan fingerprint density at radius 2 is 2.26 bits per heavy atom. The number of hydrogen-bond donors (Lipinski definition) is 2. The van der Waals surface area contributed by atoms with Gasteiger partial charge in [-0.05, 0) is 25.6 Å². The zero-order valence-corrected chi connectivity index (χ0v) is 11.9. The number of nitrogens with one attached hydrogen (secondary N) is 2. The lowest BCUT2D eigenvalue weighted by Gasteiger charge is -2.06. The number of rotatable bonds is 5. The Hall–Kier alpha value is -1.72. The Bertz CT molecular complexity index is 565. The standard InChI is InChI=1S/C14H17N3OS/c1-3-15-8-14(18)17-12-6-4-5-11(7-12)13-9-19-10(2)16-13/h4-7,9,15H,3,8H2,1-2H3,(H,17,18). The zero-order chi connectivity index (χ0) is 13.7. The second-order valence-corrected chi connectivity index (χ2v) is 5.22. The third-order valence-electron chi connectivity index (χ3n) is 2.60. The van der Waals surface area contributed by atoms with E-state index in [0.717, 1.165) is 28.5 Å². The SMILES string of the molecule is CCNCC(=O)Nc1cccc(-c2csc(C)n2)c1. The van der Waals surface area contributed by atoms with Crippen LogP contribution < -0.4 is 10.6 Å². The maximum absolute atomic E-state index is 11.6. The first-order chi connectivity index (χ1) is 9.19. The summed E-state index contributed by atoms with van der Waals surface area (Å²) >= 11 is 1.62. The first-order valence-electron chi connectivity index (χ1n) is 6.22. The molecule has 0 saturated carbocycles. The summed E-state index contributed by atoms with van der Waals surface area (Å²) in [6.07, 6.45) is 0. The van der Waals surface area contributed by atoms with Gasteiger partial charge in [0, 0.05) is 16.6 Å². The molecule has 0 spiro atoms. The molecule has 0 aliphatic carbocycles. The highest BCUT2D eigenvalue weighted by atomic mass is 32.1. The Morgan fingerprint density at radius 1 is 1.42 bits per heavy atom. The molecule has 1 aromatic carbocycles. The largest absolute Gasteiger partial charge is 0.325 e. The van der Waals surface area contributed by atoms with Gasteiger partial charge in [-0.2, -0.15) is 0 Å². The maximum Gasteiger partial charge on any atom is 0.238 e. The van der Waals surface area contributed by atoms with Crippen molar-refractivity contribution >= 4 is 22.9 Å². The number of thiazole rings is 1. The van der Waals surface area contributed by atoms with Crippen LogP contribution >= 0.6 is 11.3 Å². The summed E-state index contributed by atoms with van der Waals surface area (Å²) < 4.78 is 0. The van der Waals surface area contributed by atoms with E-state index < -0.39 is 0 Å². The first kappa shape index (κ1) is 13.7. The van der Waals surface area contributed by atoms with Crippen molar-refractivity contribution in [3.8, 4) is 11.3 Å². The molecule has 100 valence electrons. The van der Waals surface area contributed by atoms with Crippen LogP contribution in [0.2, 0.25) is 0 Å². The molecule has 4 nitrogen and oxygen atoms in total. The zero-order valence-electron chi connectivity index (χ0n) is 11.1. The van der Waals surface area contributed by atoms with Crippen molar-refractivity contribution in [1.29, 1.82) is 0 Å². The molecule has 19 heavy (non-hydrogen) atoms. The molecule has 1 heterocycles.